The van der Waals surface area contributed by atoms with Crippen LogP contribution in [0.5, 0.6) is 0 Å². The van der Waals surface area contributed by atoms with Crippen LogP contribution in [0.25, 0.3) is 22.3 Å². The van der Waals surface area contributed by atoms with Crippen LogP contribution in [0.3, 0.4) is 0 Å². The van der Waals surface area contributed by atoms with Crippen LogP contribution in [-0.4, -0.2) is 38.9 Å². The fraction of sp³-hybridized carbons (Fsp3) is 0.333. The Morgan fingerprint density at radius 1 is 0.919 bits per heavy atom. The van der Waals surface area contributed by atoms with Crippen LogP contribution in [0, 0.1) is 11.6 Å². The number of carboxylic acid groups (broad SMARTS) is 1. The number of primary amides is 1. The minimum Gasteiger partial charge on any atom is -0.550 e. The van der Waals surface area contributed by atoms with Gasteiger partial charge in [-0.2, -0.15) is 0 Å². The van der Waals surface area contributed by atoms with E-state index in [0.717, 1.165) is 0 Å². The van der Waals surface area contributed by atoms with Gasteiger partial charge in [-0.25, -0.2) is 8.78 Å². The molecule has 1 heterocycles. The Morgan fingerprint density at radius 2 is 1.41 bits per heavy atom. The Morgan fingerprint density at radius 3 is 1.84 bits per heavy atom. The molecule has 0 aliphatic carbocycles. The molecule has 0 bridgehead atoms. The molecule has 3 rings (SSSR count). The van der Waals surface area contributed by atoms with E-state index < -0.39 is 42.1 Å². The second-order valence-electron chi connectivity index (χ2n) is 9.05. The van der Waals surface area contributed by atoms with Crippen LogP contribution in [0.15, 0.2) is 48.5 Å². The number of carbonyl (C=O) groups is 2. The summed E-state index contributed by atoms with van der Waals surface area (Å²) < 4.78 is 29.2. The zero-order valence-electron chi connectivity index (χ0n) is 21.1. The quantitative estimate of drug-likeness (QED) is 0.305. The molecule has 0 unspecified atom stereocenters. The largest absolute Gasteiger partial charge is 1.00 e. The number of rotatable bonds is 11. The monoisotopic (exact) mass is 522 g/mol. The van der Waals surface area contributed by atoms with Crippen LogP contribution in [0.2, 0.25) is 0 Å². The van der Waals surface area contributed by atoms with Crippen molar-refractivity contribution in [3.05, 3.63) is 71.6 Å². The van der Waals surface area contributed by atoms with Crippen LogP contribution in [0.4, 0.5) is 8.78 Å². The summed E-state index contributed by atoms with van der Waals surface area (Å²) >= 11 is 0. The standard InChI is InChI=1S/C27H30F2N2O5.Na/c1-15(2)31-22(12-11-20(32)13-21(33)14-23(34)35)24(16-3-7-18(28)8-4-16)25(26(31)27(30)36)17-5-9-19(29)10-6-17;/h3-10,15,20-21,32-33H,11-14H2,1-2H3,(H2,30,36)(H,34,35);/q;+1/p-1/t20-,21-;/m1./s1. The molecule has 0 radical (unpaired) electrons. The summed E-state index contributed by atoms with van der Waals surface area (Å²) in [6, 6.07) is 11.1. The van der Waals surface area contributed by atoms with Crippen molar-refractivity contribution in [2.24, 2.45) is 5.73 Å². The number of aliphatic carboxylic acids is 1. The van der Waals surface area contributed by atoms with Gasteiger partial charge in [0.25, 0.3) is 5.91 Å². The van der Waals surface area contributed by atoms with Crippen LogP contribution >= 0.6 is 0 Å². The van der Waals surface area contributed by atoms with Gasteiger partial charge in [0.1, 0.15) is 17.3 Å². The number of aliphatic hydroxyl groups is 2. The van der Waals surface area contributed by atoms with E-state index in [1.807, 2.05) is 13.8 Å². The van der Waals surface area contributed by atoms with E-state index in [2.05, 4.69) is 0 Å². The SMILES string of the molecule is CC(C)n1c(CC[C@@H](O)C[C@@H](O)CC(=O)[O-])c(-c2ccc(F)cc2)c(-c2ccc(F)cc2)c1C(N)=O.[Na+]. The molecule has 0 spiro atoms. The van der Waals surface area contributed by atoms with Gasteiger partial charge in [-0.3, -0.25) is 4.79 Å². The molecule has 0 saturated heterocycles. The molecule has 0 fully saturated rings. The molecule has 0 aliphatic heterocycles. The Bertz CT molecular complexity index is 1230. The molecule has 2 aromatic carbocycles. The third kappa shape index (κ3) is 7.49. The number of nitrogens with two attached hydrogens (primary N) is 1. The molecule has 192 valence electrons. The normalized spacial score (nSPS) is 12.7. The molecule has 10 heteroatoms. The van der Waals surface area contributed by atoms with Gasteiger partial charge in [0.15, 0.2) is 0 Å². The van der Waals surface area contributed by atoms with Crippen molar-refractivity contribution in [1.82, 2.24) is 4.57 Å². The van der Waals surface area contributed by atoms with Gasteiger partial charge in [0, 0.05) is 35.3 Å². The number of hydrogen-bond acceptors (Lipinski definition) is 5. The Balaban J connectivity index is 0.00000481. The summed E-state index contributed by atoms with van der Waals surface area (Å²) in [4.78, 5) is 23.5. The van der Waals surface area contributed by atoms with Crippen molar-refractivity contribution in [3.63, 3.8) is 0 Å². The van der Waals surface area contributed by atoms with Gasteiger partial charge in [0.2, 0.25) is 0 Å². The summed E-state index contributed by atoms with van der Waals surface area (Å²) in [5, 5.41) is 31.1. The van der Waals surface area contributed by atoms with Crippen LogP contribution < -0.4 is 40.4 Å². The zero-order chi connectivity index (χ0) is 26.6. The van der Waals surface area contributed by atoms with Gasteiger partial charge in [-0.05, 0) is 68.5 Å². The van der Waals surface area contributed by atoms with E-state index in [1.165, 1.54) is 36.4 Å². The van der Waals surface area contributed by atoms with Gasteiger partial charge >= 0.3 is 29.6 Å². The van der Waals surface area contributed by atoms with E-state index in [-0.39, 0.29) is 60.6 Å². The van der Waals surface area contributed by atoms with Crippen LogP contribution in [0.1, 0.15) is 55.3 Å². The molecule has 7 nitrogen and oxygen atoms in total. The van der Waals surface area contributed by atoms with E-state index >= 15 is 0 Å². The second kappa shape index (κ2) is 13.3. The molecule has 3 aromatic rings. The maximum absolute atomic E-state index is 13.8. The number of carbonyl (C=O) groups excluding carboxylic acids is 2. The number of hydrogen-bond donors (Lipinski definition) is 3. The van der Waals surface area contributed by atoms with E-state index in [9.17, 15) is 33.7 Å². The summed E-state index contributed by atoms with van der Waals surface area (Å²) in [5.41, 5.74) is 8.85. The van der Waals surface area contributed by atoms with Crippen LogP contribution in [-0.2, 0) is 11.2 Å². The first-order chi connectivity index (χ1) is 17.0. The molecule has 1 aromatic heterocycles. The first kappa shape index (κ1) is 30.7. The first-order valence-corrected chi connectivity index (χ1v) is 11.6. The number of aromatic nitrogens is 1. The molecule has 0 saturated carbocycles. The number of amides is 1. The van der Waals surface area contributed by atoms with E-state index in [1.54, 1.807) is 16.7 Å². The van der Waals surface area contributed by atoms with Gasteiger partial charge in [-0.15, -0.1) is 0 Å². The minimum absolute atomic E-state index is 0. The van der Waals surface area contributed by atoms with Crippen molar-refractivity contribution >= 4 is 11.9 Å². The Labute approximate surface area is 236 Å². The minimum atomic E-state index is -1.42. The Hall–Kier alpha value is -2.56. The second-order valence-corrected chi connectivity index (χ2v) is 9.05. The zero-order valence-corrected chi connectivity index (χ0v) is 23.1. The number of carboxylic acids is 1. The fourth-order valence-corrected chi connectivity index (χ4v) is 4.53. The smallest absolute Gasteiger partial charge is 0.550 e. The number of benzene rings is 2. The number of nitrogens with zero attached hydrogens (tertiary/aromatic N) is 1. The Kier molecular flexibility index (Phi) is 11.0. The molecular weight excluding hydrogens is 493 g/mol. The maximum atomic E-state index is 13.8. The fourth-order valence-electron chi connectivity index (χ4n) is 4.53. The van der Waals surface area contributed by atoms with E-state index in [4.69, 9.17) is 5.73 Å². The van der Waals surface area contributed by atoms with Gasteiger partial charge in [0.05, 0.1) is 12.2 Å². The van der Waals surface area contributed by atoms with Crippen molar-refractivity contribution in [3.8, 4) is 22.3 Å². The predicted octanol–water partition coefficient (Wildman–Crippen LogP) is -0.0314. The maximum Gasteiger partial charge on any atom is 1.00 e. The third-order valence-electron chi connectivity index (χ3n) is 5.98. The molecule has 0 aliphatic rings. The topological polar surface area (TPSA) is 129 Å². The molecule has 37 heavy (non-hydrogen) atoms. The molecule has 4 N–H and O–H groups in total. The van der Waals surface area contributed by atoms with Crippen molar-refractivity contribution < 1.29 is 63.2 Å². The number of aliphatic hydroxyl groups excluding tert-OH is 2. The number of halogens is 2. The van der Waals surface area contributed by atoms with E-state index in [0.29, 0.717) is 27.9 Å². The summed E-state index contributed by atoms with van der Waals surface area (Å²) in [7, 11) is 0. The molecular formula is C27H29F2N2NaO5. The van der Waals surface area contributed by atoms with Crippen molar-refractivity contribution in [2.75, 3.05) is 0 Å². The average molecular weight is 523 g/mol. The predicted molar refractivity (Wildman–Crippen MR) is 129 cm³/mol. The van der Waals surface area contributed by atoms with Gasteiger partial charge in [-0.1, -0.05) is 24.3 Å². The van der Waals surface area contributed by atoms with Crippen molar-refractivity contribution in [2.45, 2.75) is 57.8 Å². The average Bonchev–Trinajstić information content (AvgIpc) is 3.14. The summed E-state index contributed by atoms with van der Waals surface area (Å²) in [6.45, 7) is 3.72. The molecule has 2 atom stereocenters. The third-order valence-corrected chi connectivity index (χ3v) is 5.98. The summed E-state index contributed by atoms with van der Waals surface area (Å²) in [6.07, 6.45) is -2.71. The van der Waals surface area contributed by atoms with Crippen molar-refractivity contribution in [1.29, 1.82) is 0 Å². The van der Waals surface area contributed by atoms with Gasteiger partial charge < -0.3 is 30.4 Å². The molecule has 1 amide bonds. The first-order valence-electron chi connectivity index (χ1n) is 11.6. The summed E-state index contributed by atoms with van der Waals surface area (Å²) in [5.74, 6) is -3.02.